The van der Waals surface area contributed by atoms with Crippen molar-refractivity contribution >= 4 is 34.7 Å². The van der Waals surface area contributed by atoms with E-state index in [2.05, 4.69) is 9.97 Å². The number of benzene rings is 2. The maximum absolute atomic E-state index is 12.1. The van der Waals surface area contributed by atoms with E-state index in [0.717, 1.165) is 5.56 Å². The van der Waals surface area contributed by atoms with Crippen molar-refractivity contribution in [1.29, 1.82) is 0 Å². The van der Waals surface area contributed by atoms with Gasteiger partial charge in [0, 0.05) is 5.56 Å². The second-order valence-electron chi connectivity index (χ2n) is 5.48. The van der Waals surface area contributed by atoms with Crippen LogP contribution in [0.4, 0.5) is 0 Å². The molecule has 5 heteroatoms. The minimum Gasteiger partial charge on any atom is -0.457 e. The molecule has 0 saturated carbocycles. The van der Waals surface area contributed by atoms with Crippen molar-refractivity contribution in [3.8, 4) is 11.3 Å². The van der Waals surface area contributed by atoms with E-state index in [1.807, 2.05) is 54.6 Å². The normalized spacial score (nSPS) is 11.4. The fraction of sp³-hybridized carbons (Fsp3) is 0. The van der Waals surface area contributed by atoms with Crippen LogP contribution in [0.3, 0.4) is 0 Å². The van der Waals surface area contributed by atoms with Crippen molar-refractivity contribution in [3.05, 3.63) is 87.6 Å². The van der Waals surface area contributed by atoms with E-state index in [4.69, 9.17) is 16.0 Å². The van der Waals surface area contributed by atoms with Gasteiger partial charge in [-0.05, 0) is 48.6 Å². The molecule has 1 N–H and O–H groups in total. The van der Waals surface area contributed by atoms with Crippen LogP contribution in [0.1, 0.15) is 11.6 Å². The number of halogens is 1. The van der Waals surface area contributed by atoms with Gasteiger partial charge in [-0.1, -0.05) is 35.9 Å². The largest absolute Gasteiger partial charge is 0.457 e. The Morgan fingerprint density at radius 1 is 0.960 bits per heavy atom. The van der Waals surface area contributed by atoms with Crippen LogP contribution in [0.25, 0.3) is 34.4 Å². The number of hydrogen-bond donors (Lipinski definition) is 1. The lowest BCUT2D eigenvalue weighted by Crippen LogP contribution is -2.09. The van der Waals surface area contributed by atoms with Crippen molar-refractivity contribution < 1.29 is 4.42 Å². The molecule has 0 aliphatic heterocycles. The Morgan fingerprint density at radius 2 is 1.76 bits per heavy atom. The third kappa shape index (κ3) is 3.12. The predicted molar refractivity (Wildman–Crippen MR) is 100 cm³/mol. The minimum absolute atomic E-state index is 0.165. The van der Waals surface area contributed by atoms with Gasteiger partial charge < -0.3 is 9.40 Å². The van der Waals surface area contributed by atoms with E-state index >= 15 is 0 Å². The van der Waals surface area contributed by atoms with Crippen LogP contribution in [0, 0.1) is 0 Å². The number of nitrogens with zero attached hydrogens (tertiary/aromatic N) is 1. The van der Waals surface area contributed by atoms with Gasteiger partial charge in [0.15, 0.2) is 0 Å². The summed E-state index contributed by atoms with van der Waals surface area (Å²) in [5.41, 5.74) is 1.32. The molecule has 122 valence electrons. The van der Waals surface area contributed by atoms with Gasteiger partial charge in [-0.2, -0.15) is 0 Å². The van der Waals surface area contributed by atoms with Crippen molar-refractivity contribution in [2.75, 3.05) is 0 Å². The molecule has 0 amide bonds. The Morgan fingerprint density at radius 3 is 2.64 bits per heavy atom. The Hall–Kier alpha value is -3.11. The summed E-state index contributed by atoms with van der Waals surface area (Å²) in [4.78, 5) is 19.2. The Labute approximate surface area is 148 Å². The van der Waals surface area contributed by atoms with Crippen LogP contribution >= 0.6 is 11.6 Å². The van der Waals surface area contributed by atoms with E-state index in [9.17, 15) is 4.79 Å². The topological polar surface area (TPSA) is 58.9 Å². The number of H-pyrrole nitrogens is 1. The highest BCUT2D eigenvalue weighted by molar-refractivity contribution is 6.33. The van der Waals surface area contributed by atoms with Gasteiger partial charge in [0.25, 0.3) is 5.56 Å². The Kier molecular flexibility index (Phi) is 3.96. The highest BCUT2D eigenvalue weighted by Gasteiger charge is 2.07. The lowest BCUT2D eigenvalue weighted by molar-refractivity contribution is 0.572. The maximum Gasteiger partial charge on any atom is 0.259 e. The molecule has 0 spiro atoms. The minimum atomic E-state index is -0.165. The quantitative estimate of drug-likeness (QED) is 0.566. The van der Waals surface area contributed by atoms with Gasteiger partial charge in [0.2, 0.25) is 0 Å². The van der Waals surface area contributed by atoms with E-state index in [1.54, 1.807) is 18.2 Å². The molecule has 0 unspecified atom stereocenters. The van der Waals surface area contributed by atoms with Crippen LogP contribution < -0.4 is 5.56 Å². The van der Waals surface area contributed by atoms with Crippen molar-refractivity contribution in [1.82, 2.24) is 9.97 Å². The molecule has 0 radical (unpaired) electrons. The van der Waals surface area contributed by atoms with Gasteiger partial charge in [-0.15, -0.1) is 0 Å². The third-order valence-corrected chi connectivity index (χ3v) is 4.13. The summed E-state index contributed by atoms with van der Waals surface area (Å²) in [6.07, 6.45) is 3.47. The average molecular weight is 349 g/mol. The molecule has 0 fully saturated rings. The fourth-order valence-corrected chi connectivity index (χ4v) is 2.82. The molecule has 0 saturated heterocycles. The lowest BCUT2D eigenvalue weighted by Gasteiger charge is -1.99. The Balaban J connectivity index is 1.65. The van der Waals surface area contributed by atoms with Gasteiger partial charge in [-0.3, -0.25) is 4.79 Å². The number of nitrogens with one attached hydrogen (secondary N) is 1. The predicted octanol–water partition coefficient (Wildman–Crippen LogP) is 5.01. The summed E-state index contributed by atoms with van der Waals surface area (Å²) in [6, 6.07) is 18.4. The summed E-state index contributed by atoms with van der Waals surface area (Å²) < 4.78 is 5.80. The van der Waals surface area contributed by atoms with Crippen LogP contribution in [-0.2, 0) is 0 Å². The number of furan rings is 1. The highest BCUT2D eigenvalue weighted by Crippen LogP contribution is 2.29. The number of aromatic nitrogens is 2. The van der Waals surface area contributed by atoms with Gasteiger partial charge in [-0.25, -0.2) is 4.98 Å². The molecule has 0 aliphatic rings. The maximum atomic E-state index is 12.1. The zero-order valence-corrected chi connectivity index (χ0v) is 13.8. The van der Waals surface area contributed by atoms with E-state index in [0.29, 0.717) is 33.3 Å². The van der Waals surface area contributed by atoms with Gasteiger partial charge in [0.05, 0.1) is 15.9 Å². The zero-order chi connectivity index (χ0) is 17.2. The summed E-state index contributed by atoms with van der Waals surface area (Å²) in [5, 5.41) is 1.20. The molecule has 4 rings (SSSR count). The molecule has 4 nitrogen and oxygen atoms in total. The standard InChI is InChI=1S/C20H13ClN2O2/c21-16-7-3-1-5-14(16)18-11-9-13(25-18)10-12-19-22-17-8-4-2-6-15(17)20(24)23-19/h1-12H,(H,22,23,24)/b12-10+. The van der Waals surface area contributed by atoms with Crippen molar-refractivity contribution in [3.63, 3.8) is 0 Å². The number of hydrogen-bond acceptors (Lipinski definition) is 3. The lowest BCUT2D eigenvalue weighted by atomic mass is 10.2. The Bertz CT molecular complexity index is 1140. The number of para-hydroxylation sites is 1. The molecular formula is C20H13ClN2O2. The number of fused-ring (bicyclic) bond motifs is 1. The monoisotopic (exact) mass is 348 g/mol. The highest BCUT2D eigenvalue weighted by atomic mass is 35.5. The summed E-state index contributed by atoms with van der Waals surface area (Å²) >= 11 is 6.19. The van der Waals surface area contributed by atoms with Gasteiger partial charge in [0.1, 0.15) is 17.3 Å². The van der Waals surface area contributed by atoms with E-state index in [-0.39, 0.29) is 5.56 Å². The molecule has 4 aromatic rings. The first-order valence-corrected chi connectivity index (χ1v) is 8.10. The molecule has 0 bridgehead atoms. The smallest absolute Gasteiger partial charge is 0.259 e. The number of aromatic amines is 1. The third-order valence-electron chi connectivity index (χ3n) is 3.80. The van der Waals surface area contributed by atoms with E-state index < -0.39 is 0 Å². The summed E-state index contributed by atoms with van der Waals surface area (Å²) in [7, 11) is 0. The van der Waals surface area contributed by atoms with Gasteiger partial charge >= 0.3 is 0 Å². The first-order valence-electron chi connectivity index (χ1n) is 7.72. The van der Waals surface area contributed by atoms with E-state index in [1.165, 1.54) is 0 Å². The molecule has 2 heterocycles. The van der Waals surface area contributed by atoms with Crippen LogP contribution in [0.2, 0.25) is 5.02 Å². The van der Waals surface area contributed by atoms with Crippen LogP contribution in [-0.4, -0.2) is 9.97 Å². The zero-order valence-electron chi connectivity index (χ0n) is 13.1. The van der Waals surface area contributed by atoms with Crippen molar-refractivity contribution in [2.45, 2.75) is 0 Å². The molecule has 0 atom stereocenters. The first-order chi connectivity index (χ1) is 12.2. The van der Waals surface area contributed by atoms with Crippen LogP contribution in [0.5, 0.6) is 0 Å². The summed E-state index contributed by atoms with van der Waals surface area (Å²) in [6.45, 7) is 0. The second-order valence-corrected chi connectivity index (χ2v) is 5.89. The molecule has 0 aliphatic carbocycles. The molecular weight excluding hydrogens is 336 g/mol. The van der Waals surface area contributed by atoms with Crippen molar-refractivity contribution in [2.24, 2.45) is 0 Å². The van der Waals surface area contributed by atoms with Crippen LogP contribution in [0.15, 0.2) is 69.9 Å². The SMILES string of the molecule is O=c1[nH]c(/C=C/c2ccc(-c3ccccc3Cl)o2)nc2ccccc12. The number of rotatable bonds is 3. The summed E-state index contributed by atoms with van der Waals surface area (Å²) in [5.74, 6) is 1.80. The molecule has 2 aromatic heterocycles. The average Bonchev–Trinajstić information content (AvgIpc) is 3.09. The molecule has 25 heavy (non-hydrogen) atoms. The second kappa shape index (κ2) is 6.42. The first kappa shape index (κ1) is 15.4. The molecule has 2 aromatic carbocycles. The fourth-order valence-electron chi connectivity index (χ4n) is 2.59.